The number of aromatic nitrogens is 1. The number of pyridine rings is 1. The van der Waals surface area contributed by atoms with E-state index < -0.39 is 5.95 Å². The van der Waals surface area contributed by atoms with Crippen LogP contribution < -0.4 is 0 Å². The molecule has 3 nitrogen and oxygen atoms in total. The predicted molar refractivity (Wildman–Crippen MR) is 88.5 cm³/mol. The summed E-state index contributed by atoms with van der Waals surface area (Å²) in [6.45, 7) is 4.14. The maximum atomic E-state index is 13.2. The number of carbonyl (C=O) groups is 1. The van der Waals surface area contributed by atoms with Gasteiger partial charge in [0.2, 0.25) is 5.95 Å². The largest absolute Gasteiger partial charge is 0.459 e. The molecule has 1 aromatic rings. The van der Waals surface area contributed by atoms with Crippen molar-refractivity contribution in [2.75, 3.05) is 0 Å². The molecule has 122 valence electrons. The van der Waals surface area contributed by atoms with Gasteiger partial charge in [-0.15, -0.1) is 0 Å². The molecule has 1 aromatic heterocycles. The molecule has 0 saturated heterocycles. The summed E-state index contributed by atoms with van der Waals surface area (Å²) in [6.07, 6.45) is 7.66. The molecule has 0 N–H and O–H groups in total. The molecular weight excluding hydrogens is 325 g/mol. The van der Waals surface area contributed by atoms with Crippen LogP contribution in [-0.2, 0) is 9.53 Å². The fourth-order valence-electron chi connectivity index (χ4n) is 1.83. The lowest BCUT2D eigenvalue weighted by molar-refractivity contribution is -0.143. The molecule has 1 atom stereocenters. The van der Waals surface area contributed by atoms with Crippen LogP contribution in [0.2, 0.25) is 5.02 Å². The molecule has 1 rings (SSSR count). The van der Waals surface area contributed by atoms with E-state index in [-0.39, 0.29) is 17.1 Å². The molecule has 0 aliphatic carbocycles. The first-order chi connectivity index (χ1) is 10.6. The van der Waals surface area contributed by atoms with Crippen molar-refractivity contribution in [1.29, 1.82) is 0 Å². The maximum Gasteiger partial charge on any atom is 0.331 e. The SMILES string of the molecule is CCCCCC(CC)OC(=O)C=CSc1ccnc(F)c1Cl. The zero-order valence-electron chi connectivity index (χ0n) is 12.9. The lowest BCUT2D eigenvalue weighted by Crippen LogP contribution is -2.15. The minimum atomic E-state index is -0.718. The highest BCUT2D eigenvalue weighted by atomic mass is 35.5. The average Bonchev–Trinajstić information content (AvgIpc) is 2.50. The zero-order valence-corrected chi connectivity index (χ0v) is 14.4. The van der Waals surface area contributed by atoms with Crippen LogP contribution in [0.3, 0.4) is 0 Å². The third-order valence-corrected chi connectivity index (χ3v) is 4.42. The van der Waals surface area contributed by atoms with Gasteiger partial charge in [0.15, 0.2) is 0 Å². The molecule has 0 aromatic carbocycles. The molecule has 0 aliphatic rings. The van der Waals surface area contributed by atoms with Crippen LogP contribution in [0.4, 0.5) is 4.39 Å². The van der Waals surface area contributed by atoms with E-state index in [4.69, 9.17) is 16.3 Å². The van der Waals surface area contributed by atoms with E-state index in [1.807, 2.05) is 6.92 Å². The van der Waals surface area contributed by atoms with Gasteiger partial charge >= 0.3 is 5.97 Å². The summed E-state index contributed by atoms with van der Waals surface area (Å²) in [5.41, 5.74) is 0. The highest BCUT2D eigenvalue weighted by Gasteiger charge is 2.10. The van der Waals surface area contributed by atoms with Crippen LogP contribution in [-0.4, -0.2) is 17.1 Å². The molecule has 1 heterocycles. The Morgan fingerprint density at radius 3 is 2.95 bits per heavy atom. The van der Waals surface area contributed by atoms with Crippen LogP contribution >= 0.6 is 23.4 Å². The lowest BCUT2D eigenvalue weighted by Gasteiger charge is -2.14. The van der Waals surface area contributed by atoms with Gasteiger partial charge in [0.25, 0.3) is 0 Å². The second-order valence-corrected chi connectivity index (χ2v) is 6.12. The monoisotopic (exact) mass is 345 g/mol. The number of thioether (sulfide) groups is 1. The van der Waals surface area contributed by atoms with Gasteiger partial charge in [-0.2, -0.15) is 4.39 Å². The van der Waals surface area contributed by atoms with Crippen LogP contribution in [0, 0.1) is 5.95 Å². The Hall–Kier alpha value is -1.07. The quantitative estimate of drug-likeness (QED) is 0.198. The summed E-state index contributed by atoms with van der Waals surface area (Å²) in [6, 6.07) is 1.59. The highest BCUT2D eigenvalue weighted by molar-refractivity contribution is 8.02. The average molecular weight is 346 g/mol. The number of hydrogen-bond donors (Lipinski definition) is 0. The molecular formula is C16H21ClFNO2S. The summed E-state index contributed by atoms with van der Waals surface area (Å²) in [5.74, 6) is -1.11. The fraction of sp³-hybridized carbons (Fsp3) is 0.500. The van der Waals surface area contributed by atoms with E-state index in [0.717, 1.165) is 43.9 Å². The normalized spacial score (nSPS) is 12.5. The van der Waals surface area contributed by atoms with E-state index in [2.05, 4.69) is 11.9 Å². The van der Waals surface area contributed by atoms with Crippen molar-refractivity contribution in [3.05, 3.63) is 34.7 Å². The van der Waals surface area contributed by atoms with Crippen molar-refractivity contribution in [2.24, 2.45) is 0 Å². The van der Waals surface area contributed by atoms with Gasteiger partial charge in [-0.1, -0.05) is 50.1 Å². The molecule has 0 fully saturated rings. The number of ether oxygens (including phenoxy) is 1. The van der Waals surface area contributed by atoms with Gasteiger partial charge in [-0.05, 0) is 30.7 Å². The van der Waals surface area contributed by atoms with Crippen LogP contribution in [0.15, 0.2) is 28.6 Å². The molecule has 0 radical (unpaired) electrons. The summed E-state index contributed by atoms with van der Waals surface area (Å²) < 4.78 is 18.5. The van der Waals surface area contributed by atoms with Crippen molar-refractivity contribution in [1.82, 2.24) is 4.98 Å². The molecule has 1 unspecified atom stereocenters. The first kappa shape index (κ1) is 19.0. The first-order valence-electron chi connectivity index (χ1n) is 7.42. The second kappa shape index (κ2) is 10.6. The van der Waals surface area contributed by atoms with Crippen LogP contribution in [0.25, 0.3) is 0 Å². The van der Waals surface area contributed by atoms with E-state index in [9.17, 15) is 9.18 Å². The molecule has 6 heteroatoms. The van der Waals surface area contributed by atoms with Gasteiger partial charge in [0.05, 0.1) is 0 Å². The van der Waals surface area contributed by atoms with E-state index in [1.165, 1.54) is 12.3 Å². The van der Waals surface area contributed by atoms with Gasteiger partial charge < -0.3 is 4.74 Å². The second-order valence-electron chi connectivity index (χ2n) is 4.80. The smallest absolute Gasteiger partial charge is 0.331 e. The van der Waals surface area contributed by atoms with Crippen molar-refractivity contribution < 1.29 is 13.9 Å². The summed E-state index contributed by atoms with van der Waals surface area (Å²) in [5, 5.41) is 1.50. The van der Waals surface area contributed by atoms with Gasteiger partial charge in [-0.3, -0.25) is 0 Å². The maximum absolute atomic E-state index is 13.2. The third-order valence-electron chi connectivity index (χ3n) is 3.08. The first-order valence-corrected chi connectivity index (χ1v) is 8.68. The number of halogens is 2. The molecule has 0 saturated carbocycles. The Bertz CT molecular complexity index is 511. The Morgan fingerprint density at radius 1 is 1.50 bits per heavy atom. The minimum Gasteiger partial charge on any atom is -0.459 e. The number of unbranched alkanes of at least 4 members (excludes halogenated alkanes) is 2. The standard InChI is InChI=1S/C16H21ClFNO2S/c1-3-5-6-7-12(4-2)21-14(20)9-11-22-13-8-10-19-16(18)15(13)17/h8-12H,3-7H2,1-2H3. The molecule has 0 amide bonds. The van der Waals surface area contributed by atoms with Gasteiger partial charge in [0, 0.05) is 17.2 Å². The zero-order chi connectivity index (χ0) is 16.4. The highest BCUT2D eigenvalue weighted by Crippen LogP contribution is 2.28. The van der Waals surface area contributed by atoms with Crippen molar-refractivity contribution in [3.8, 4) is 0 Å². The van der Waals surface area contributed by atoms with Crippen LogP contribution in [0.5, 0.6) is 0 Å². The fourth-order valence-corrected chi connectivity index (χ4v) is 2.73. The predicted octanol–water partition coefficient (Wildman–Crippen LogP) is 5.38. The number of nitrogens with zero attached hydrogens (tertiary/aromatic N) is 1. The summed E-state index contributed by atoms with van der Waals surface area (Å²) in [7, 11) is 0. The van der Waals surface area contributed by atoms with Crippen molar-refractivity contribution in [2.45, 2.75) is 57.0 Å². The number of hydrogen-bond acceptors (Lipinski definition) is 4. The van der Waals surface area contributed by atoms with Gasteiger partial charge in [0.1, 0.15) is 11.1 Å². The molecule has 22 heavy (non-hydrogen) atoms. The Balaban J connectivity index is 2.44. The van der Waals surface area contributed by atoms with E-state index in [0.29, 0.717) is 4.90 Å². The topological polar surface area (TPSA) is 39.2 Å². The van der Waals surface area contributed by atoms with E-state index >= 15 is 0 Å². The summed E-state index contributed by atoms with van der Waals surface area (Å²) in [4.78, 5) is 15.7. The molecule has 0 bridgehead atoms. The Morgan fingerprint density at radius 2 is 2.27 bits per heavy atom. The number of carbonyl (C=O) groups excluding carboxylic acids is 1. The molecule has 0 aliphatic heterocycles. The van der Waals surface area contributed by atoms with E-state index in [1.54, 1.807) is 11.5 Å². The number of esters is 1. The Kier molecular flexibility index (Phi) is 9.16. The Labute approximate surface area is 140 Å². The third kappa shape index (κ3) is 6.79. The van der Waals surface area contributed by atoms with Gasteiger partial charge in [-0.25, -0.2) is 9.78 Å². The van der Waals surface area contributed by atoms with Crippen molar-refractivity contribution >= 4 is 29.3 Å². The van der Waals surface area contributed by atoms with Crippen molar-refractivity contribution in [3.63, 3.8) is 0 Å². The summed E-state index contributed by atoms with van der Waals surface area (Å²) >= 11 is 6.93. The minimum absolute atomic E-state index is 0.0449. The number of rotatable bonds is 9. The van der Waals surface area contributed by atoms with Crippen LogP contribution in [0.1, 0.15) is 46.0 Å². The lowest BCUT2D eigenvalue weighted by atomic mass is 10.1. The molecule has 0 spiro atoms.